The van der Waals surface area contributed by atoms with Crippen molar-refractivity contribution in [2.24, 2.45) is 0 Å². The van der Waals surface area contributed by atoms with Gasteiger partial charge in [-0.2, -0.15) is 0 Å². The molecular formula is C23H25N3O. The standard InChI is InChI=1S/C23H25N3O/c1-16-7-5-6-8-21(16)26-22(27)17-13-20(15-24-14-17)25-19-11-9-18(10-12-19)23(2,3)4/h5-15,25H,1-4H3,(H,26,27). The van der Waals surface area contributed by atoms with Crippen molar-refractivity contribution in [3.63, 3.8) is 0 Å². The van der Waals surface area contributed by atoms with E-state index in [2.05, 4.69) is 48.5 Å². The first kappa shape index (κ1) is 18.6. The van der Waals surface area contributed by atoms with Crippen molar-refractivity contribution >= 4 is 23.0 Å². The number of hydrogen-bond donors (Lipinski definition) is 2. The van der Waals surface area contributed by atoms with Gasteiger partial charge >= 0.3 is 0 Å². The van der Waals surface area contributed by atoms with Gasteiger partial charge in [0.25, 0.3) is 5.91 Å². The van der Waals surface area contributed by atoms with Crippen molar-refractivity contribution < 1.29 is 4.79 Å². The molecule has 0 saturated carbocycles. The summed E-state index contributed by atoms with van der Waals surface area (Å²) in [6.45, 7) is 8.54. The van der Waals surface area contributed by atoms with Crippen LogP contribution in [-0.4, -0.2) is 10.9 Å². The van der Waals surface area contributed by atoms with Crippen LogP contribution in [0.1, 0.15) is 42.3 Å². The van der Waals surface area contributed by atoms with Crippen LogP contribution in [0.3, 0.4) is 0 Å². The highest BCUT2D eigenvalue weighted by atomic mass is 16.1. The average molecular weight is 359 g/mol. The molecule has 2 N–H and O–H groups in total. The van der Waals surface area contributed by atoms with Crippen LogP contribution in [0.4, 0.5) is 17.1 Å². The SMILES string of the molecule is Cc1ccccc1NC(=O)c1cncc(Nc2ccc(C(C)(C)C)cc2)c1. The van der Waals surface area contributed by atoms with Gasteiger partial charge in [-0.05, 0) is 47.7 Å². The summed E-state index contributed by atoms with van der Waals surface area (Å²) in [6, 6.07) is 17.8. The lowest BCUT2D eigenvalue weighted by molar-refractivity contribution is 0.102. The Morgan fingerprint density at radius 3 is 2.30 bits per heavy atom. The molecule has 0 aliphatic heterocycles. The zero-order valence-electron chi connectivity index (χ0n) is 16.2. The summed E-state index contributed by atoms with van der Waals surface area (Å²) in [4.78, 5) is 16.7. The molecule has 0 fully saturated rings. The Hall–Kier alpha value is -3.14. The van der Waals surface area contributed by atoms with Crippen molar-refractivity contribution in [2.45, 2.75) is 33.1 Å². The van der Waals surface area contributed by atoms with Gasteiger partial charge in [0, 0.05) is 17.6 Å². The minimum absolute atomic E-state index is 0.119. The van der Waals surface area contributed by atoms with E-state index in [4.69, 9.17) is 0 Å². The molecule has 3 aromatic rings. The first-order chi connectivity index (χ1) is 12.8. The fourth-order valence-corrected chi connectivity index (χ4v) is 2.76. The molecule has 3 rings (SSSR count). The van der Waals surface area contributed by atoms with Gasteiger partial charge in [0.2, 0.25) is 0 Å². The number of rotatable bonds is 4. The normalized spacial score (nSPS) is 11.1. The summed E-state index contributed by atoms with van der Waals surface area (Å²) >= 11 is 0. The monoisotopic (exact) mass is 359 g/mol. The van der Waals surface area contributed by atoms with E-state index in [9.17, 15) is 4.79 Å². The number of benzene rings is 2. The van der Waals surface area contributed by atoms with Crippen LogP contribution in [0, 0.1) is 6.92 Å². The number of carbonyl (C=O) groups is 1. The number of hydrogen-bond acceptors (Lipinski definition) is 3. The van der Waals surface area contributed by atoms with Crippen LogP contribution in [0.2, 0.25) is 0 Å². The van der Waals surface area contributed by atoms with E-state index in [0.717, 1.165) is 22.6 Å². The van der Waals surface area contributed by atoms with Gasteiger partial charge in [-0.25, -0.2) is 0 Å². The summed E-state index contributed by atoms with van der Waals surface area (Å²) in [6.07, 6.45) is 3.28. The number of aryl methyl sites for hydroxylation is 1. The van der Waals surface area contributed by atoms with Gasteiger partial charge in [-0.15, -0.1) is 0 Å². The summed E-state index contributed by atoms with van der Waals surface area (Å²) < 4.78 is 0. The molecular weight excluding hydrogens is 334 g/mol. The molecule has 0 aliphatic rings. The Labute approximate surface area is 160 Å². The maximum Gasteiger partial charge on any atom is 0.257 e. The predicted octanol–water partition coefficient (Wildman–Crippen LogP) is 5.68. The number of anilines is 3. The molecule has 0 spiro atoms. The molecule has 1 amide bonds. The maximum atomic E-state index is 12.5. The van der Waals surface area contributed by atoms with E-state index < -0.39 is 0 Å². The van der Waals surface area contributed by atoms with Gasteiger partial charge in [0.15, 0.2) is 0 Å². The van der Waals surface area contributed by atoms with E-state index in [1.54, 1.807) is 18.5 Å². The number of nitrogens with zero attached hydrogens (tertiary/aromatic N) is 1. The van der Waals surface area contributed by atoms with E-state index in [1.165, 1.54) is 5.56 Å². The zero-order valence-corrected chi connectivity index (χ0v) is 16.2. The second-order valence-corrected chi connectivity index (χ2v) is 7.68. The molecule has 0 bridgehead atoms. The number of amides is 1. The third-order valence-corrected chi connectivity index (χ3v) is 4.43. The highest BCUT2D eigenvalue weighted by Gasteiger charge is 2.13. The fourth-order valence-electron chi connectivity index (χ4n) is 2.76. The van der Waals surface area contributed by atoms with Crippen molar-refractivity contribution in [1.29, 1.82) is 0 Å². The first-order valence-electron chi connectivity index (χ1n) is 9.02. The molecule has 0 atom stereocenters. The van der Waals surface area contributed by atoms with Crippen LogP contribution in [-0.2, 0) is 5.41 Å². The van der Waals surface area contributed by atoms with Gasteiger partial charge in [0.05, 0.1) is 17.4 Å². The molecule has 0 saturated heterocycles. The highest BCUT2D eigenvalue weighted by Crippen LogP contribution is 2.25. The Morgan fingerprint density at radius 1 is 0.926 bits per heavy atom. The second kappa shape index (κ2) is 7.62. The van der Waals surface area contributed by atoms with Crippen LogP contribution >= 0.6 is 0 Å². The minimum atomic E-state index is -0.177. The third kappa shape index (κ3) is 4.73. The molecule has 4 heteroatoms. The molecule has 1 heterocycles. The lowest BCUT2D eigenvalue weighted by Crippen LogP contribution is -2.13. The Kier molecular flexibility index (Phi) is 5.26. The first-order valence-corrected chi connectivity index (χ1v) is 9.02. The quantitative estimate of drug-likeness (QED) is 0.630. The molecule has 138 valence electrons. The molecule has 4 nitrogen and oxygen atoms in total. The van der Waals surface area contributed by atoms with Gasteiger partial charge in [0.1, 0.15) is 0 Å². The number of nitrogens with one attached hydrogen (secondary N) is 2. The summed E-state index contributed by atoms with van der Waals surface area (Å²) in [7, 11) is 0. The lowest BCUT2D eigenvalue weighted by atomic mass is 9.87. The highest BCUT2D eigenvalue weighted by molar-refractivity contribution is 6.05. The number of para-hydroxylation sites is 1. The van der Waals surface area contributed by atoms with Gasteiger partial charge < -0.3 is 10.6 Å². The van der Waals surface area contributed by atoms with Crippen LogP contribution < -0.4 is 10.6 Å². The zero-order chi connectivity index (χ0) is 19.4. The van der Waals surface area contributed by atoms with Crippen molar-refractivity contribution in [2.75, 3.05) is 10.6 Å². The molecule has 0 aliphatic carbocycles. The Balaban J connectivity index is 1.73. The molecule has 2 aromatic carbocycles. The van der Waals surface area contributed by atoms with Crippen molar-refractivity contribution in [3.05, 3.63) is 83.7 Å². The summed E-state index contributed by atoms with van der Waals surface area (Å²) in [5.41, 5.74) is 5.46. The summed E-state index contributed by atoms with van der Waals surface area (Å²) in [5.74, 6) is -0.177. The molecule has 0 unspecified atom stereocenters. The van der Waals surface area contributed by atoms with Crippen molar-refractivity contribution in [1.82, 2.24) is 4.98 Å². The smallest absolute Gasteiger partial charge is 0.257 e. The van der Waals surface area contributed by atoms with Crippen LogP contribution in [0.15, 0.2) is 67.0 Å². The fraction of sp³-hybridized carbons (Fsp3) is 0.217. The molecule has 0 radical (unpaired) electrons. The van der Waals surface area contributed by atoms with E-state index >= 15 is 0 Å². The minimum Gasteiger partial charge on any atom is -0.354 e. The topological polar surface area (TPSA) is 54.0 Å². The Morgan fingerprint density at radius 2 is 1.63 bits per heavy atom. The van der Waals surface area contributed by atoms with Gasteiger partial charge in [-0.3, -0.25) is 9.78 Å². The largest absolute Gasteiger partial charge is 0.354 e. The Bertz CT molecular complexity index is 940. The predicted molar refractivity (Wildman–Crippen MR) is 112 cm³/mol. The van der Waals surface area contributed by atoms with E-state index in [1.807, 2.05) is 43.3 Å². The molecule has 27 heavy (non-hydrogen) atoms. The van der Waals surface area contributed by atoms with E-state index in [0.29, 0.717) is 5.56 Å². The second-order valence-electron chi connectivity index (χ2n) is 7.68. The van der Waals surface area contributed by atoms with Crippen LogP contribution in [0.5, 0.6) is 0 Å². The third-order valence-electron chi connectivity index (χ3n) is 4.43. The summed E-state index contributed by atoms with van der Waals surface area (Å²) in [5, 5.41) is 6.25. The molecule has 1 aromatic heterocycles. The van der Waals surface area contributed by atoms with Gasteiger partial charge in [-0.1, -0.05) is 51.1 Å². The average Bonchev–Trinajstić information content (AvgIpc) is 2.63. The number of aromatic nitrogens is 1. The van der Waals surface area contributed by atoms with Crippen molar-refractivity contribution in [3.8, 4) is 0 Å². The van der Waals surface area contributed by atoms with E-state index in [-0.39, 0.29) is 11.3 Å². The van der Waals surface area contributed by atoms with Crippen LogP contribution in [0.25, 0.3) is 0 Å². The maximum absolute atomic E-state index is 12.5. The number of carbonyl (C=O) groups excluding carboxylic acids is 1. The number of pyridine rings is 1. The lowest BCUT2D eigenvalue weighted by Gasteiger charge is -2.19.